The molecule has 3 aliphatic rings. The topological polar surface area (TPSA) is 134 Å². The van der Waals surface area contributed by atoms with Gasteiger partial charge < -0.3 is 50.2 Å². The van der Waals surface area contributed by atoms with Gasteiger partial charge in [0.15, 0.2) is 0 Å². The molecule has 2 heterocycles. The molecule has 1 saturated carbocycles. The maximum Gasteiger partial charge on any atom is 0.249 e. The van der Waals surface area contributed by atoms with E-state index in [0.717, 1.165) is 5.56 Å². The van der Waals surface area contributed by atoms with E-state index in [1.54, 1.807) is 14.1 Å². The molecule has 192 valence electrons. The first kappa shape index (κ1) is 25.9. The highest BCUT2D eigenvalue weighted by atomic mass is 16.8. The van der Waals surface area contributed by atoms with Gasteiger partial charge in [-0.25, -0.2) is 0 Å². The number of aliphatic hydroxyl groups excluding tert-OH is 1. The average molecular weight is 482 g/mol. The van der Waals surface area contributed by atoms with Crippen LogP contribution in [0.25, 0.3) is 0 Å². The molecule has 10 atom stereocenters. The van der Waals surface area contributed by atoms with E-state index in [1.165, 1.54) is 0 Å². The van der Waals surface area contributed by atoms with Crippen molar-refractivity contribution in [1.82, 2.24) is 16.0 Å². The van der Waals surface area contributed by atoms with Crippen molar-refractivity contribution in [3.8, 4) is 0 Å². The molecule has 0 spiro atoms. The summed E-state index contributed by atoms with van der Waals surface area (Å²) in [7, 11) is 3.47. The molecule has 10 nitrogen and oxygen atoms in total. The SMILES string of the molecule is CCO[C@@H]1C2O[C@@H]3O[C@H](C)C[C@@](O)(CNCc4ccccc4)[C@]3(O)O[C@@H]2[C@@H](NC)[C@@H](O)[C@H]1NC. The summed E-state index contributed by atoms with van der Waals surface area (Å²) in [4.78, 5) is 0. The molecule has 3 fully saturated rings. The Hall–Kier alpha value is -1.18. The van der Waals surface area contributed by atoms with Crippen LogP contribution in [-0.2, 0) is 25.5 Å². The smallest absolute Gasteiger partial charge is 0.249 e. The zero-order chi connectivity index (χ0) is 24.5. The molecule has 1 unspecified atom stereocenters. The van der Waals surface area contributed by atoms with E-state index in [9.17, 15) is 15.3 Å². The van der Waals surface area contributed by atoms with Crippen molar-refractivity contribution in [2.45, 2.75) is 87.1 Å². The van der Waals surface area contributed by atoms with Crippen LogP contribution in [0.5, 0.6) is 0 Å². The number of fused-ring (bicyclic) bond motifs is 2. The molecule has 1 aromatic carbocycles. The summed E-state index contributed by atoms with van der Waals surface area (Å²) >= 11 is 0. The minimum Gasteiger partial charge on any atom is -0.390 e. The van der Waals surface area contributed by atoms with Crippen molar-refractivity contribution in [2.24, 2.45) is 0 Å². The fourth-order valence-electron chi connectivity index (χ4n) is 5.60. The van der Waals surface area contributed by atoms with Crippen LogP contribution >= 0.6 is 0 Å². The third kappa shape index (κ3) is 4.53. The summed E-state index contributed by atoms with van der Waals surface area (Å²) in [6, 6.07) is 8.80. The van der Waals surface area contributed by atoms with Gasteiger partial charge in [-0.15, -0.1) is 0 Å². The third-order valence-corrected chi connectivity index (χ3v) is 7.27. The zero-order valence-electron chi connectivity index (χ0n) is 20.3. The minimum absolute atomic E-state index is 0.0597. The number of rotatable bonds is 8. The van der Waals surface area contributed by atoms with Gasteiger partial charge in [-0.3, -0.25) is 0 Å². The minimum atomic E-state index is -2.15. The van der Waals surface area contributed by atoms with E-state index >= 15 is 0 Å². The van der Waals surface area contributed by atoms with Gasteiger partial charge in [0.05, 0.1) is 24.3 Å². The number of nitrogens with one attached hydrogen (secondary N) is 3. The van der Waals surface area contributed by atoms with Gasteiger partial charge in [0.1, 0.15) is 23.9 Å². The lowest BCUT2D eigenvalue weighted by Crippen LogP contribution is -2.81. The summed E-state index contributed by atoms with van der Waals surface area (Å²) in [5.74, 6) is -2.15. The normalized spacial score (nSPS) is 44.3. The number of hydrogen-bond acceptors (Lipinski definition) is 10. The summed E-state index contributed by atoms with van der Waals surface area (Å²) in [6.07, 6.45) is -4.33. The Labute approximate surface area is 200 Å². The molecular weight excluding hydrogens is 442 g/mol. The van der Waals surface area contributed by atoms with Gasteiger partial charge >= 0.3 is 0 Å². The van der Waals surface area contributed by atoms with Crippen molar-refractivity contribution in [2.75, 3.05) is 27.2 Å². The van der Waals surface area contributed by atoms with Crippen LogP contribution < -0.4 is 16.0 Å². The van der Waals surface area contributed by atoms with E-state index in [2.05, 4.69) is 16.0 Å². The van der Waals surface area contributed by atoms with Crippen molar-refractivity contribution in [1.29, 1.82) is 0 Å². The predicted molar refractivity (Wildman–Crippen MR) is 124 cm³/mol. The fourth-order valence-corrected chi connectivity index (χ4v) is 5.60. The molecular formula is C24H39N3O7. The number of ether oxygens (including phenoxy) is 4. The van der Waals surface area contributed by atoms with E-state index in [1.807, 2.05) is 44.2 Å². The Morgan fingerprint density at radius 3 is 2.41 bits per heavy atom. The highest BCUT2D eigenvalue weighted by Crippen LogP contribution is 2.46. The van der Waals surface area contributed by atoms with E-state index in [4.69, 9.17) is 18.9 Å². The molecule has 4 rings (SSSR count). The highest BCUT2D eigenvalue weighted by Gasteiger charge is 2.68. The molecule has 0 aromatic heterocycles. The van der Waals surface area contributed by atoms with Crippen LogP contribution in [0.15, 0.2) is 30.3 Å². The highest BCUT2D eigenvalue weighted by molar-refractivity contribution is 5.15. The van der Waals surface area contributed by atoms with E-state index < -0.39 is 54.2 Å². The quantitative estimate of drug-likeness (QED) is 0.277. The average Bonchev–Trinajstić information content (AvgIpc) is 2.80. The molecule has 10 heteroatoms. The number of benzene rings is 1. The molecule has 2 aliphatic heterocycles. The van der Waals surface area contributed by atoms with Crippen molar-refractivity contribution < 1.29 is 34.3 Å². The van der Waals surface area contributed by atoms with Gasteiger partial charge in [0, 0.05) is 26.1 Å². The molecule has 1 aliphatic carbocycles. The van der Waals surface area contributed by atoms with Gasteiger partial charge in [0.2, 0.25) is 12.1 Å². The molecule has 34 heavy (non-hydrogen) atoms. The predicted octanol–water partition coefficient (Wildman–Crippen LogP) is -0.930. The Bertz CT molecular complexity index is 804. The first-order valence-corrected chi connectivity index (χ1v) is 12.1. The van der Waals surface area contributed by atoms with E-state index in [-0.39, 0.29) is 19.1 Å². The lowest BCUT2D eigenvalue weighted by Gasteiger charge is -2.60. The third-order valence-electron chi connectivity index (χ3n) is 7.27. The first-order chi connectivity index (χ1) is 16.3. The van der Waals surface area contributed by atoms with Crippen LogP contribution in [-0.4, -0.2) is 103 Å². The standard InChI is InChI=1S/C24H39N3O7/c1-5-31-19-16(25-3)18(28)17(26-4)20-21(19)33-22-24(30,34-20)23(29,11-14(2)32-22)13-27-12-15-9-7-6-8-10-15/h6-10,14,16-22,25-30H,5,11-13H2,1-4H3/t14-,16-,17+,18+,19+,20-,21?,22+,23-,24-/m1/s1. The van der Waals surface area contributed by atoms with Crippen LogP contribution in [0.3, 0.4) is 0 Å². The molecule has 0 amide bonds. The lowest BCUT2D eigenvalue weighted by atomic mass is 9.77. The number of hydrogen-bond donors (Lipinski definition) is 6. The molecule has 1 aromatic rings. The van der Waals surface area contributed by atoms with E-state index in [0.29, 0.717) is 13.2 Å². The Balaban J connectivity index is 1.60. The molecule has 0 radical (unpaired) electrons. The zero-order valence-corrected chi connectivity index (χ0v) is 20.3. The second-order valence-corrected chi connectivity index (χ2v) is 9.52. The van der Waals surface area contributed by atoms with Gasteiger partial charge in [-0.05, 0) is 33.5 Å². The van der Waals surface area contributed by atoms with Crippen molar-refractivity contribution >= 4 is 0 Å². The van der Waals surface area contributed by atoms with Crippen LogP contribution in [0.1, 0.15) is 25.8 Å². The Kier molecular flexibility index (Phi) is 7.95. The fraction of sp³-hybridized carbons (Fsp3) is 0.750. The Morgan fingerprint density at radius 2 is 1.76 bits per heavy atom. The Morgan fingerprint density at radius 1 is 1.06 bits per heavy atom. The van der Waals surface area contributed by atoms with Gasteiger partial charge in [0.25, 0.3) is 0 Å². The summed E-state index contributed by atoms with van der Waals surface area (Å²) < 4.78 is 24.5. The second kappa shape index (κ2) is 10.4. The molecule has 6 N–H and O–H groups in total. The molecule has 0 bridgehead atoms. The largest absolute Gasteiger partial charge is 0.390 e. The first-order valence-electron chi connectivity index (χ1n) is 12.1. The maximum atomic E-state index is 11.8. The number of likely N-dealkylation sites (N-methyl/N-ethyl adjacent to an activating group) is 2. The van der Waals surface area contributed by atoms with Gasteiger partial charge in [-0.2, -0.15) is 0 Å². The summed E-state index contributed by atoms with van der Waals surface area (Å²) in [5.41, 5.74) is -0.641. The van der Waals surface area contributed by atoms with Crippen LogP contribution in [0.2, 0.25) is 0 Å². The summed E-state index contributed by atoms with van der Waals surface area (Å²) in [6.45, 7) is 4.68. The monoisotopic (exact) mass is 481 g/mol. The van der Waals surface area contributed by atoms with Crippen LogP contribution in [0, 0.1) is 0 Å². The second-order valence-electron chi connectivity index (χ2n) is 9.52. The molecule has 2 saturated heterocycles. The van der Waals surface area contributed by atoms with Gasteiger partial charge in [-0.1, -0.05) is 30.3 Å². The summed E-state index contributed by atoms with van der Waals surface area (Å²) in [5, 5.41) is 44.0. The lowest BCUT2D eigenvalue weighted by molar-refractivity contribution is -0.482. The number of aliphatic hydroxyl groups is 3. The van der Waals surface area contributed by atoms with Crippen molar-refractivity contribution in [3.05, 3.63) is 35.9 Å². The maximum absolute atomic E-state index is 11.8. The van der Waals surface area contributed by atoms with Crippen molar-refractivity contribution in [3.63, 3.8) is 0 Å². The van der Waals surface area contributed by atoms with Crippen LogP contribution in [0.4, 0.5) is 0 Å².